The lowest BCUT2D eigenvalue weighted by Crippen LogP contribution is -2.28. The molecule has 324 valence electrons. The molecule has 0 aliphatic heterocycles. The van der Waals surface area contributed by atoms with Gasteiger partial charge in [-0.2, -0.15) is 0 Å². The van der Waals surface area contributed by atoms with Crippen LogP contribution in [0.2, 0.25) is 0 Å². The first kappa shape index (κ1) is 40.7. The van der Waals surface area contributed by atoms with Gasteiger partial charge in [0.15, 0.2) is 0 Å². The Bertz CT molecular complexity index is 3660. The van der Waals surface area contributed by atoms with Gasteiger partial charge in [0.2, 0.25) is 0 Å². The molecule has 12 aromatic rings. The first-order valence-electron chi connectivity index (χ1n) is 23.7. The molecule has 0 fully saturated rings. The van der Waals surface area contributed by atoms with Crippen LogP contribution < -0.4 is 4.90 Å². The van der Waals surface area contributed by atoms with E-state index in [0.717, 1.165) is 17.1 Å². The van der Waals surface area contributed by atoms with Crippen molar-refractivity contribution in [3.8, 4) is 55.6 Å². The van der Waals surface area contributed by atoms with Gasteiger partial charge in [-0.1, -0.05) is 212 Å². The fourth-order valence-electron chi connectivity index (χ4n) is 10.9. The van der Waals surface area contributed by atoms with Crippen molar-refractivity contribution in [2.45, 2.75) is 5.41 Å². The molecule has 0 bridgehead atoms. The normalized spacial score (nSPS) is 12.5. The fraction of sp³-hybridized carbons (Fsp3) is 0.0149. The molecule has 0 saturated heterocycles. The van der Waals surface area contributed by atoms with Crippen molar-refractivity contribution < 1.29 is 0 Å². The minimum Gasteiger partial charge on any atom is -0.311 e. The molecule has 0 unspecified atom stereocenters. The van der Waals surface area contributed by atoms with Gasteiger partial charge in [-0.15, -0.1) is 11.3 Å². The zero-order chi connectivity index (χ0) is 45.7. The van der Waals surface area contributed by atoms with E-state index >= 15 is 0 Å². The van der Waals surface area contributed by atoms with Crippen LogP contribution in [0.4, 0.5) is 17.1 Å². The molecule has 13 rings (SSSR count). The van der Waals surface area contributed by atoms with Gasteiger partial charge in [0.05, 0.1) is 5.41 Å². The molecule has 69 heavy (non-hydrogen) atoms. The van der Waals surface area contributed by atoms with E-state index in [-0.39, 0.29) is 0 Å². The third-order valence-corrected chi connectivity index (χ3v) is 15.4. The van der Waals surface area contributed by atoms with Gasteiger partial charge in [0, 0.05) is 42.8 Å². The third kappa shape index (κ3) is 6.91. The van der Waals surface area contributed by atoms with Crippen LogP contribution in [0.1, 0.15) is 22.3 Å². The summed E-state index contributed by atoms with van der Waals surface area (Å²) in [5.41, 5.74) is 20.2. The summed E-state index contributed by atoms with van der Waals surface area (Å²) in [5, 5.41) is 2.57. The summed E-state index contributed by atoms with van der Waals surface area (Å²) in [6.07, 6.45) is 0. The minimum atomic E-state index is -0.474. The van der Waals surface area contributed by atoms with Gasteiger partial charge in [0.25, 0.3) is 0 Å². The lowest BCUT2D eigenvalue weighted by molar-refractivity contribution is 0.769. The molecule has 1 aromatic heterocycles. The average molecular weight is 896 g/mol. The van der Waals surface area contributed by atoms with Crippen molar-refractivity contribution in [1.82, 2.24) is 0 Å². The van der Waals surface area contributed by atoms with Crippen molar-refractivity contribution in [2.75, 3.05) is 4.90 Å². The monoisotopic (exact) mass is 895 g/mol. The summed E-state index contributed by atoms with van der Waals surface area (Å²) in [5.74, 6) is 0. The van der Waals surface area contributed by atoms with Crippen LogP contribution in [0.25, 0.3) is 75.8 Å². The number of rotatable bonds is 9. The number of nitrogens with zero attached hydrogens (tertiary/aromatic N) is 1. The Morgan fingerprint density at radius 1 is 0.275 bits per heavy atom. The van der Waals surface area contributed by atoms with Crippen LogP contribution in [0.3, 0.4) is 0 Å². The molecule has 0 radical (unpaired) electrons. The largest absolute Gasteiger partial charge is 0.311 e. The quantitative estimate of drug-likeness (QED) is 0.140. The molecule has 1 aliphatic rings. The van der Waals surface area contributed by atoms with E-state index in [0.29, 0.717) is 0 Å². The molecule has 0 spiro atoms. The number of benzene rings is 11. The summed E-state index contributed by atoms with van der Waals surface area (Å²) in [4.78, 5) is 2.37. The zero-order valence-corrected chi connectivity index (χ0v) is 38.7. The Labute approximate surface area is 407 Å². The van der Waals surface area contributed by atoms with Crippen LogP contribution in [-0.4, -0.2) is 0 Å². The van der Waals surface area contributed by atoms with Crippen molar-refractivity contribution in [1.29, 1.82) is 0 Å². The molecule has 1 nitrogen and oxygen atoms in total. The summed E-state index contributed by atoms with van der Waals surface area (Å²) in [6.45, 7) is 0. The molecule has 0 amide bonds. The first-order valence-corrected chi connectivity index (χ1v) is 24.5. The highest BCUT2D eigenvalue weighted by molar-refractivity contribution is 7.26. The third-order valence-electron chi connectivity index (χ3n) is 14.2. The van der Waals surface area contributed by atoms with E-state index in [1.54, 1.807) is 0 Å². The molecular weight excluding hydrogens is 851 g/mol. The topological polar surface area (TPSA) is 3.24 Å². The van der Waals surface area contributed by atoms with Crippen LogP contribution in [0, 0.1) is 0 Å². The summed E-state index contributed by atoms with van der Waals surface area (Å²) in [7, 11) is 0. The molecule has 1 aliphatic carbocycles. The Balaban J connectivity index is 0.952. The second kappa shape index (κ2) is 16.9. The van der Waals surface area contributed by atoms with E-state index in [2.05, 4.69) is 278 Å². The Morgan fingerprint density at radius 2 is 0.725 bits per heavy atom. The predicted octanol–water partition coefficient (Wildman–Crippen LogP) is 18.6. The SMILES string of the molecule is c1ccc(-c2ccc(N(c3ccc(-c4ccccc4)cc3)c3ccc(-c4cc(-c5ccc6c(c5)C(c5ccccc5)(c5ccccc5)c5ccccc5-6)cc5c4sc4ccccc45)cc3)cc2)cc1. The molecule has 2 heteroatoms. The highest BCUT2D eigenvalue weighted by Crippen LogP contribution is 2.57. The van der Waals surface area contributed by atoms with E-state index in [9.17, 15) is 0 Å². The van der Waals surface area contributed by atoms with Gasteiger partial charge in [0.1, 0.15) is 0 Å². The van der Waals surface area contributed by atoms with Crippen molar-refractivity contribution in [3.63, 3.8) is 0 Å². The number of thiophene rings is 1. The van der Waals surface area contributed by atoms with Gasteiger partial charge in [-0.25, -0.2) is 0 Å². The molecular formula is C67H45NS. The standard InChI is InChI=1S/C67H45NS/c1-5-17-46(18-6-1)48-29-36-55(37-30-48)68(56-38-31-49(32-39-56)47-19-7-2-8-20-47)57-40-33-50(34-41-57)61-43-52(44-62-60-26-14-16-28-65(60)69-66(61)62)51-35-42-59-58-25-13-15-27-63(58)67(64(59)45-51,53-21-9-3-10-22-53)54-23-11-4-12-24-54/h1-45H. The predicted molar refractivity (Wildman–Crippen MR) is 293 cm³/mol. The maximum atomic E-state index is 2.49. The van der Waals surface area contributed by atoms with Crippen LogP contribution >= 0.6 is 11.3 Å². The molecule has 0 saturated carbocycles. The highest BCUT2D eigenvalue weighted by atomic mass is 32.1. The lowest BCUT2D eigenvalue weighted by Gasteiger charge is -2.34. The van der Waals surface area contributed by atoms with E-state index in [4.69, 9.17) is 0 Å². The highest BCUT2D eigenvalue weighted by Gasteiger charge is 2.46. The van der Waals surface area contributed by atoms with Crippen LogP contribution in [0.15, 0.2) is 273 Å². The smallest absolute Gasteiger partial charge is 0.0713 e. The van der Waals surface area contributed by atoms with Crippen molar-refractivity contribution in [3.05, 3.63) is 295 Å². The van der Waals surface area contributed by atoms with Gasteiger partial charge in [-0.3, -0.25) is 0 Å². The van der Waals surface area contributed by atoms with Gasteiger partial charge < -0.3 is 4.90 Å². The zero-order valence-electron chi connectivity index (χ0n) is 37.8. The number of anilines is 3. The van der Waals surface area contributed by atoms with E-state index in [1.807, 2.05) is 11.3 Å². The Kier molecular flexibility index (Phi) is 10.00. The Hall–Kier alpha value is -8.56. The summed E-state index contributed by atoms with van der Waals surface area (Å²) >= 11 is 1.89. The molecule has 11 aromatic carbocycles. The maximum absolute atomic E-state index is 2.49. The summed E-state index contributed by atoms with van der Waals surface area (Å²) < 4.78 is 2.59. The first-order chi connectivity index (χ1) is 34.2. The van der Waals surface area contributed by atoms with Crippen molar-refractivity contribution >= 4 is 48.6 Å². The molecule has 0 atom stereocenters. The van der Waals surface area contributed by atoms with Crippen LogP contribution in [0.5, 0.6) is 0 Å². The second-order valence-electron chi connectivity index (χ2n) is 18.0. The van der Waals surface area contributed by atoms with Crippen molar-refractivity contribution in [2.24, 2.45) is 0 Å². The molecule has 0 N–H and O–H groups in total. The minimum absolute atomic E-state index is 0.474. The second-order valence-corrected chi connectivity index (χ2v) is 19.0. The lowest BCUT2D eigenvalue weighted by atomic mass is 9.67. The average Bonchev–Trinajstić information content (AvgIpc) is 3.96. The number of hydrogen-bond donors (Lipinski definition) is 0. The molecule has 1 heterocycles. The fourth-order valence-corrected chi connectivity index (χ4v) is 12.2. The number of hydrogen-bond acceptors (Lipinski definition) is 2. The van der Waals surface area contributed by atoms with Gasteiger partial charge in [-0.05, 0) is 133 Å². The summed E-state index contributed by atoms with van der Waals surface area (Å²) in [6, 6.07) is 100. The van der Waals surface area contributed by atoms with Crippen LogP contribution in [-0.2, 0) is 5.41 Å². The van der Waals surface area contributed by atoms with E-state index in [1.165, 1.54) is 98.1 Å². The Morgan fingerprint density at radius 3 is 1.30 bits per heavy atom. The van der Waals surface area contributed by atoms with E-state index < -0.39 is 5.41 Å². The van der Waals surface area contributed by atoms with Gasteiger partial charge >= 0.3 is 0 Å². The maximum Gasteiger partial charge on any atom is 0.0713 e. The number of fused-ring (bicyclic) bond motifs is 6.